The number of carbonyl (C=O) groups excluding carboxylic acids is 1. The molecule has 3 N–H and O–H groups in total. The van der Waals surface area contributed by atoms with Crippen molar-refractivity contribution in [1.29, 1.82) is 0 Å². The molecule has 0 bridgehead atoms. The van der Waals surface area contributed by atoms with Crippen LogP contribution in [0.15, 0.2) is 59.5 Å². The number of carboxylic acid groups (broad SMARTS) is 1. The molecule has 0 aliphatic rings. The molecule has 1 atom stereocenters. The largest absolute Gasteiger partial charge is 0.480 e. The van der Waals surface area contributed by atoms with Gasteiger partial charge in [0.1, 0.15) is 6.54 Å². The lowest BCUT2D eigenvalue weighted by Gasteiger charge is -2.13. The number of sulfonamides is 1. The maximum Gasteiger partial charge on any atom is 0.318 e. The third-order valence-corrected chi connectivity index (χ3v) is 4.96. The Balaban J connectivity index is 2.05. The number of anilines is 1. The van der Waals surface area contributed by atoms with Crippen LogP contribution in [0.3, 0.4) is 0 Å². The molecule has 0 aromatic heterocycles. The molecule has 2 rings (SSSR count). The number of carboxylic acids is 1. The summed E-state index contributed by atoms with van der Waals surface area (Å²) in [7, 11) is -3.90. The summed E-state index contributed by atoms with van der Waals surface area (Å²) in [5, 5.41) is 11.3. The van der Waals surface area contributed by atoms with Gasteiger partial charge in [-0.15, -0.1) is 0 Å². The van der Waals surface area contributed by atoms with E-state index in [4.69, 9.17) is 5.11 Å². The minimum Gasteiger partial charge on any atom is -0.480 e. The number of rotatable bonds is 7. The third-order valence-electron chi connectivity index (χ3n) is 3.54. The van der Waals surface area contributed by atoms with Gasteiger partial charge in [-0.1, -0.05) is 30.3 Å². The number of carbonyl (C=O) groups is 2. The second kappa shape index (κ2) is 7.91. The highest BCUT2D eigenvalue weighted by Gasteiger charge is 2.17. The lowest BCUT2D eigenvalue weighted by Crippen LogP contribution is -2.29. The highest BCUT2D eigenvalue weighted by atomic mass is 32.2. The predicted molar refractivity (Wildman–Crippen MR) is 92.8 cm³/mol. The number of benzene rings is 2. The van der Waals surface area contributed by atoms with Crippen LogP contribution in [0.25, 0.3) is 0 Å². The first-order chi connectivity index (χ1) is 11.8. The normalized spacial score (nSPS) is 12.4. The Morgan fingerprint density at radius 1 is 1.04 bits per heavy atom. The molecule has 0 spiro atoms. The van der Waals surface area contributed by atoms with E-state index < -0.39 is 22.5 Å². The number of aliphatic carboxylic acids is 1. The summed E-state index contributed by atoms with van der Waals surface area (Å²) >= 11 is 0. The molecule has 132 valence electrons. The van der Waals surface area contributed by atoms with Crippen LogP contribution < -0.4 is 10.0 Å². The standard InChI is InChI=1S/C17H18N2O5S/c1-12(13-5-3-2-4-6-13)17(22)19-14-7-9-15(10-8-14)25(23,24)18-11-16(20)21/h2-10,12,18H,11H2,1H3,(H,19,22)(H,20,21). The molecule has 7 nitrogen and oxygen atoms in total. The van der Waals surface area contributed by atoms with Gasteiger partial charge in [0, 0.05) is 5.69 Å². The van der Waals surface area contributed by atoms with Crippen molar-refractivity contribution in [2.24, 2.45) is 0 Å². The molecular weight excluding hydrogens is 344 g/mol. The zero-order valence-electron chi connectivity index (χ0n) is 13.5. The van der Waals surface area contributed by atoms with E-state index in [-0.39, 0.29) is 16.7 Å². The van der Waals surface area contributed by atoms with Crippen molar-refractivity contribution >= 4 is 27.6 Å². The number of amides is 1. The Kier molecular flexibility index (Phi) is 5.89. The number of hydrogen-bond acceptors (Lipinski definition) is 4. The van der Waals surface area contributed by atoms with Crippen LogP contribution in [-0.2, 0) is 19.6 Å². The fourth-order valence-electron chi connectivity index (χ4n) is 2.10. The lowest BCUT2D eigenvalue weighted by molar-refractivity contribution is -0.135. The SMILES string of the molecule is CC(C(=O)Nc1ccc(S(=O)(=O)NCC(=O)O)cc1)c1ccccc1. The summed E-state index contributed by atoms with van der Waals surface area (Å²) < 4.78 is 25.8. The molecule has 1 amide bonds. The minimum absolute atomic E-state index is 0.0807. The van der Waals surface area contributed by atoms with E-state index in [2.05, 4.69) is 5.32 Å². The monoisotopic (exact) mass is 362 g/mol. The van der Waals surface area contributed by atoms with Gasteiger partial charge in [0.25, 0.3) is 0 Å². The molecule has 0 heterocycles. The zero-order valence-corrected chi connectivity index (χ0v) is 14.3. The molecule has 0 aliphatic carbocycles. The van der Waals surface area contributed by atoms with E-state index in [0.29, 0.717) is 5.69 Å². The second-order valence-electron chi connectivity index (χ2n) is 5.36. The van der Waals surface area contributed by atoms with Crippen molar-refractivity contribution in [3.63, 3.8) is 0 Å². The molecule has 0 radical (unpaired) electrons. The molecule has 0 aliphatic heterocycles. The Hall–Kier alpha value is -2.71. The predicted octanol–water partition coefficient (Wildman–Crippen LogP) is 1.79. The third kappa shape index (κ3) is 5.13. The Labute approximate surface area is 145 Å². The van der Waals surface area contributed by atoms with Crippen LogP contribution in [0, 0.1) is 0 Å². The Bertz CT molecular complexity index is 848. The summed E-state index contributed by atoms with van der Waals surface area (Å²) in [4.78, 5) is 22.6. The maximum atomic E-state index is 12.3. The van der Waals surface area contributed by atoms with E-state index in [9.17, 15) is 18.0 Å². The van der Waals surface area contributed by atoms with E-state index in [1.807, 2.05) is 35.1 Å². The van der Waals surface area contributed by atoms with Gasteiger partial charge in [0.15, 0.2) is 0 Å². The van der Waals surface area contributed by atoms with Crippen LogP contribution in [0.5, 0.6) is 0 Å². The molecule has 8 heteroatoms. The van der Waals surface area contributed by atoms with Crippen molar-refractivity contribution < 1.29 is 23.1 Å². The van der Waals surface area contributed by atoms with Crippen LogP contribution in [0.2, 0.25) is 0 Å². The van der Waals surface area contributed by atoms with Crippen molar-refractivity contribution in [2.45, 2.75) is 17.7 Å². The van der Waals surface area contributed by atoms with Gasteiger partial charge >= 0.3 is 5.97 Å². The molecule has 2 aromatic carbocycles. The zero-order chi connectivity index (χ0) is 18.4. The lowest BCUT2D eigenvalue weighted by atomic mass is 10.0. The van der Waals surface area contributed by atoms with Gasteiger partial charge in [-0.2, -0.15) is 4.72 Å². The van der Waals surface area contributed by atoms with Crippen molar-refractivity contribution in [3.05, 3.63) is 60.2 Å². The smallest absolute Gasteiger partial charge is 0.318 e. The van der Waals surface area contributed by atoms with E-state index in [1.165, 1.54) is 24.3 Å². The minimum atomic E-state index is -3.90. The Morgan fingerprint density at radius 3 is 2.20 bits per heavy atom. The average Bonchev–Trinajstić information content (AvgIpc) is 2.60. The fourth-order valence-corrected chi connectivity index (χ4v) is 3.08. The van der Waals surface area contributed by atoms with Gasteiger partial charge in [-0.05, 0) is 36.8 Å². The van der Waals surface area contributed by atoms with Crippen molar-refractivity contribution in [2.75, 3.05) is 11.9 Å². The first kappa shape index (κ1) is 18.6. The highest BCUT2D eigenvalue weighted by Crippen LogP contribution is 2.19. The van der Waals surface area contributed by atoms with Gasteiger partial charge in [0.05, 0.1) is 10.8 Å². The highest BCUT2D eigenvalue weighted by molar-refractivity contribution is 7.89. The second-order valence-corrected chi connectivity index (χ2v) is 7.13. The molecule has 25 heavy (non-hydrogen) atoms. The summed E-state index contributed by atoms with van der Waals surface area (Å²) in [6, 6.07) is 14.8. The Morgan fingerprint density at radius 2 is 1.64 bits per heavy atom. The van der Waals surface area contributed by atoms with Crippen LogP contribution in [-0.4, -0.2) is 31.9 Å². The van der Waals surface area contributed by atoms with Gasteiger partial charge in [0.2, 0.25) is 15.9 Å². The van der Waals surface area contributed by atoms with Gasteiger partial charge < -0.3 is 10.4 Å². The van der Waals surface area contributed by atoms with Crippen LogP contribution in [0.1, 0.15) is 18.4 Å². The number of hydrogen-bond donors (Lipinski definition) is 3. The van der Waals surface area contributed by atoms with Crippen LogP contribution >= 0.6 is 0 Å². The van der Waals surface area contributed by atoms with E-state index >= 15 is 0 Å². The molecule has 0 saturated carbocycles. The van der Waals surface area contributed by atoms with Crippen molar-refractivity contribution in [3.8, 4) is 0 Å². The maximum absolute atomic E-state index is 12.3. The molecule has 0 saturated heterocycles. The summed E-state index contributed by atoms with van der Waals surface area (Å²) in [6.07, 6.45) is 0. The first-order valence-electron chi connectivity index (χ1n) is 7.47. The van der Waals surface area contributed by atoms with Gasteiger partial charge in [-0.25, -0.2) is 8.42 Å². The van der Waals surface area contributed by atoms with E-state index in [1.54, 1.807) is 6.92 Å². The molecule has 1 unspecified atom stereocenters. The summed E-state index contributed by atoms with van der Waals surface area (Å²) in [5.74, 6) is -1.85. The average molecular weight is 362 g/mol. The quantitative estimate of drug-likeness (QED) is 0.695. The molecule has 0 fully saturated rings. The van der Waals surface area contributed by atoms with Gasteiger partial charge in [-0.3, -0.25) is 9.59 Å². The summed E-state index contributed by atoms with van der Waals surface area (Å²) in [6.45, 7) is 1.08. The first-order valence-corrected chi connectivity index (χ1v) is 8.95. The molecular formula is C17H18N2O5S. The summed E-state index contributed by atoms with van der Waals surface area (Å²) in [5.41, 5.74) is 1.32. The van der Waals surface area contributed by atoms with Crippen molar-refractivity contribution in [1.82, 2.24) is 4.72 Å². The number of nitrogens with one attached hydrogen (secondary N) is 2. The van der Waals surface area contributed by atoms with E-state index in [0.717, 1.165) is 5.56 Å². The molecule has 2 aromatic rings. The topological polar surface area (TPSA) is 113 Å². The van der Waals surface area contributed by atoms with Crippen LogP contribution in [0.4, 0.5) is 5.69 Å². The fraction of sp³-hybridized carbons (Fsp3) is 0.176.